The molecule has 0 fully saturated rings. The van der Waals surface area contributed by atoms with E-state index in [1.165, 1.54) is 11.3 Å². The monoisotopic (exact) mass is 186 g/mol. The van der Waals surface area contributed by atoms with Crippen LogP contribution < -0.4 is 33.7 Å². The molecule has 1 atom stereocenters. The molecule has 1 aromatic heterocycles. The van der Waals surface area contributed by atoms with E-state index >= 15 is 0 Å². The summed E-state index contributed by atoms with van der Waals surface area (Å²) >= 11 is -1.20. The summed E-state index contributed by atoms with van der Waals surface area (Å²) in [5, 5.41) is 2.13. The topological polar surface area (TPSA) is 49.4 Å². The molecular formula is C4H3NaO3S2. The fourth-order valence-corrected chi connectivity index (χ4v) is 1.34. The molecule has 10 heavy (non-hydrogen) atoms. The van der Waals surface area contributed by atoms with E-state index in [0.29, 0.717) is 5.06 Å². The van der Waals surface area contributed by atoms with Crippen LogP contribution in [0.3, 0.4) is 0 Å². The standard InChI is InChI=1S/C4H4O3S2.Na/c5-9(6)7-4-2-1-3-8-4;/h1-3H,(H,5,6);/q;+1/p-1. The molecule has 0 radical (unpaired) electrons. The summed E-state index contributed by atoms with van der Waals surface area (Å²) in [5.41, 5.74) is 0. The second-order valence-corrected chi connectivity index (χ2v) is 2.70. The van der Waals surface area contributed by atoms with E-state index in [4.69, 9.17) is 0 Å². The molecule has 1 unspecified atom stereocenters. The van der Waals surface area contributed by atoms with Gasteiger partial charge in [-0.3, -0.25) is 0 Å². The maximum atomic E-state index is 9.85. The first kappa shape index (κ1) is 10.6. The van der Waals surface area contributed by atoms with Gasteiger partial charge in [-0.25, -0.2) is 4.21 Å². The molecular weight excluding hydrogens is 183 g/mol. The Hall–Kier alpha value is 0.610. The molecule has 1 heterocycles. The van der Waals surface area contributed by atoms with Crippen molar-refractivity contribution in [3.05, 3.63) is 17.5 Å². The Morgan fingerprint density at radius 2 is 2.40 bits per heavy atom. The van der Waals surface area contributed by atoms with E-state index in [-0.39, 0.29) is 29.6 Å². The molecule has 0 aliphatic heterocycles. The molecule has 0 saturated heterocycles. The molecule has 0 spiro atoms. The Bertz CT molecular complexity index is 198. The van der Waals surface area contributed by atoms with Gasteiger partial charge in [-0.05, 0) is 17.5 Å². The Balaban J connectivity index is 0.000000810. The minimum absolute atomic E-state index is 0. The van der Waals surface area contributed by atoms with E-state index in [0.717, 1.165) is 0 Å². The maximum Gasteiger partial charge on any atom is 1.00 e. The number of hydrogen-bond donors (Lipinski definition) is 0. The minimum atomic E-state index is -2.43. The summed E-state index contributed by atoms with van der Waals surface area (Å²) < 4.78 is 24.0. The Labute approximate surface area is 87.2 Å². The molecule has 1 rings (SSSR count). The number of thiophene rings is 1. The van der Waals surface area contributed by atoms with Crippen molar-refractivity contribution in [1.82, 2.24) is 0 Å². The van der Waals surface area contributed by atoms with Gasteiger partial charge in [0.1, 0.15) is 11.4 Å². The van der Waals surface area contributed by atoms with E-state index in [9.17, 15) is 8.76 Å². The third-order valence-corrected chi connectivity index (χ3v) is 1.81. The van der Waals surface area contributed by atoms with E-state index < -0.39 is 11.4 Å². The van der Waals surface area contributed by atoms with Crippen molar-refractivity contribution in [2.45, 2.75) is 0 Å². The molecule has 1 aromatic rings. The predicted molar refractivity (Wildman–Crippen MR) is 33.9 cm³/mol. The molecule has 0 amide bonds. The van der Waals surface area contributed by atoms with Crippen molar-refractivity contribution in [2.24, 2.45) is 0 Å². The van der Waals surface area contributed by atoms with Crippen molar-refractivity contribution in [1.29, 1.82) is 0 Å². The zero-order valence-electron chi connectivity index (χ0n) is 5.27. The summed E-state index contributed by atoms with van der Waals surface area (Å²) in [4.78, 5) is 0. The average Bonchev–Trinajstić information content (AvgIpc) is 2.15. The van der Waals surface area contributed by atoms with Crippen LogP contribution in [0.1, 0.15) is 0 Å². The van der Waals surface area contributed by atoms with Crippen molar-refractivity contribution in [2.75, 3.05) is 0 Å². The zero-order valence-corrected chi connectivity index (χ0v) is 8.91. The second kappa shape index (κ2) is 5.29. The molecule has 3 nitrogen and oxygen atoms in total. The van der Waals surface area contributed by atoms with E-state index in [2.05, 4.69) is 4.18 Å². The Morgan fingerprint density at radius 3 is 2.80 bits per heavy atom. The third kappa shape index (κ3) is 3.70. The molecule has 0 N–H and O–H groups in total. The fraction of sp³-hybridized carbons (Fsp3) is 0. The molecule has 0 aromatic carbocycles. The van der Waals surface area contributed by atoms with Gasteiger partial charge in [0.15, 0.2) is 5.06 Å². The molecule has 0 saturated carbocycles. The fourth-order valence-electron chi connectivity index (χ4n) is 0.378. The van der Waals surface area contributed by atoms with Crippen LogP contribution in [0.5, 0.6) is 5.06 Å². The van der Waals surface area contributed by atoms with Crippen molar-refractivity contribution in [3.63, 3.8) is 0 Å². The summed E-state index contributed by atoms with van der Waals surface area (Å²) in [6.45, 7) is 0. The van der Waals surface area contributed by atoms with Crippen LogP contribution in [0.25, 0.3) is 0 Å². The largest absolute Gasteiger partial charge is 1.00 e. The minimum Gasteiger partial charge on any atom is -0.740 e. The molecule has 50 valence electrons. The van der Waals surface area contributed by atoms with Crippen molar-refractivity contribution < 1.29 is 42.5 Å². The first-order chi connectivity index (χ1) is 4.29. The maximum absolute atomic E-state index is 9.85. The van der Waals surface area contributed by atoms with Crippen molar-refractivity contribution in [3.8, 4) is 5.06 Å². The number of rotatable bonds is 2. The zero-order chi connectivity index (χ0) is 6.69. The van der Waals surface area contributed by atoms with Crippen LogP contribution in [0.4, 0.5) is 0 Å². The SMILES string of the molecule is O=S([O-])Oc1cccs1.[Na+]. The van der Waals surface area contributed by atoms with Gasteiger partial charge in [-0.2, -0.15) is 0 Å². The Morgan fingerprint density at radius 1 is 1.70 bits per heavy atom. The summed E-state index contributed by atoms with van der Waals surface area (Å²) in [6, 6.07) is 3.30. The van der Waals surface area contributed by atoms with Gasteiger partial charge >= 0.3 is 29.6 Å². The van der Waals surface area contributed by atoms with E-state index in [1.54, 1.807) is 17.5 Å². The normalized spacial score (nSPS) is 11.7. The van der Waals surface area contributed by atoms with Crippen molar-refractivity contribution >= 4 is 22.7 Å². The van der Waals surface area contributed by atoms with Crippen LogP contribution in [-0.4, -0.2) is 8.76 Å². The first-order valence-electron chi connectivity index (χ1n) is 2.10. The van der Waals surface area contributed by atoms with Gasteiger partial charge in [0.25, 0.3) is 0 Å². The molecule has 0 aliphatic carbocycles. The van der Waals surface area contributed by atoms with E-state index in [1.807, 2.05) is 0 Å². The summed E-state index contributed by atoms with van der Waals surface area (Å²) in [6.07, 6.45) is 0. The van der Waals surface area contributed by atoms with Crippen LogP contribution in [0, 0.1) is 0 Å². The first-order valence-corrected chi connectivity index (χ1v) is 3.98. The third-order valence-electron chi connectivity index (χ3n) is 0.645. The molecule has 0 bridgehead atoms. The van der Waals surface area contributed by atoms with Gasteiger partial charge in [0, 0.05) is 0 Å². The van der Waals surface area contributed by atoms with Gasteiger partial charge in [0.05, 0.1) is 0 Å². The van der Waals surface area contributed by atoms with Crippen LogP contribution in [0.15, 0.2) is 17.5 Å². The van der Waals surface area contributed by atoms with Gasteiger partial charge in [-0.1, -0.05) is 0 Å². The van der Waals surface area contributed by atoms with Crippen LogP contribution in [-0.2, 0) is 11.4 Å². The van der Waals surface area contributed by atoms with Crippen LogP contribution >= 0.6 is 11.3 Å². The quantitative estimate of drug-likeness (QED) is 0.393. The van der Waals surface area contributed by atoms with Crippen LogP contribution in [0.2, 0.25) is 0 Å². The molecule has 0 aliphatic rings. The average molecular weight is 186 g/mol. The smallest absolute Gasteiger partial charge is 0.740 e. The van der Waals surface area contributed by atoms with Gasteiger partial charge in [0.2, 0.25) is 0 Å². The van der Waals surface area contributed by atoms with Gasteiger partial charge < -0.3 is 8.74 Å². The molecule has 6 heteroatoms. The number of hydrogen-bond acceptors (Lipinski definition) is 4. The van der Waals surface area contributed by atoms with Gasteiger partial charge in [-0.15, -0.1) is 11.3 Å². The Kier molecular flexibility index (Phi) is 5.61. The predicted octanol–water partition coefficient (Wildman–Crippen LogP) is -2.07. The summed E-state index contributed by atoms with van der Waals surface area (Å²) in [5.74, 6) is 0. The summed E-state index contributed by atoms with van der Waals surface area (Å²) in [7, 11) is 0. The second-order valence-electron chi connectivity index (χ2n) is 1.22.